The van der Waals surface area contributed by atoms with E-state index >= 15 is 0 Å². The number of aromatic nitrogens is 2. The van der Waals surface area contributed by atoms with Crippen molar-refractivity contribution in [3.05, 3.63) is 16.4 Å². The van der Waals surface area contributed by atoms with Gasteiger partial charge in [-0.05, 0) is 6.42 Å². The first-order valence-electron chi connectivity index (χ1n) is 3.87. The van der Waals surface area contributed by atoms with Crippen LogP contribution in [0.2, 0.25) is 5.15 Å². The van der Waals surface area contributed by atoms with E-state index < -0.39 is 0 Å². The number of carbonyl (C=O) groups excluding carboxylic acids is 1. The number of hydrogen-bond donors (Lipinski definition) is 0. The van der Waals surface area contributed by atoms with Gasteiger partial charge in [-0.1, -0.05) is 24.9 Å². The Labute approximate surface area is 76.3 Å². The van der Waals surface area contributed by atoms with Gasteiger partial charge in [-0.25, -0.2) is 0 Å². The highest BCUT2D eigenvalue weighted by Gasteiger charge is 2.11. The second-order valence-electron chi connectivity index (χ2n) is 2.64. The van der Waals surface area contributed by atoms with Gasteiger partial charge < -0.3 is 0 Å². The molecule has 12 heavy (non-hydrogen) atoms. The Morgan fingerprint density at radius 2 is 2.33 bits per heavy atom. The summed E-state index contributed by atoms with van der Waals surface area (Å²) in [6.07, 6.45) is 2.53. The number of carbonyl (C=O) groups is 1. The van der Waals surface area contributed by atoms with Gasteiger partial charge in [-0.3, -0.25) is 9.48 Å². The highest BCUT2D eigenvalue weighted by molar-refractivity contribution is 6.32. The van der Waals surface area contributed by atoms with Crippen LogP contribution in [-0.2, 0) is 13.5 Å². The summed E-state index contributed by atoms with van der Waals surface area (Å²) in [4.78, 5) is 10.6. The van der Waals surface area contributed by atoms with Crippen LogP contribution in [0.1, 0.15) is 29.4 Å². The Balaban J connectivity index is 3.10. The van der Waals surface area contributed by atoms with Crippen LogP contribution in [0, 0.1) is 0 Å². The maximum atomic E-state index is 10.6. The summed E-state index contributed by atoms with van der Waals surface area (Å²) in [6, 6.07) is 0. The van der Waals surface area contributed by atoms with E-state index in [1.165, 1.54) is 4.68 Å². The molecule has 0 aromatic carbocycles. The van der Waals surface area contributed by atoms with Crippen molar-refractivity contribution in [3.63, 3.8) is 0 Å². The Bertz CT molecular complexity index is 293. The summed E-state index contributed by atoms with van der Waals surface area (Å²) in [7, 11) is 1.73. The first-order chi connectivity index (χ1) is 5.70. The first-order valence-corrected chi connectivity index (χ1v) is 4.25. The predicted molar refractivity (Wildman–Crippen MR) is 47.6 cm³/mol. The van der Waals surface area contributed by atoms with Gasteiger partial charge in [0.2, 0.25) is 0 Å². The zero-order valence-corrected chi connectivity index (χ0v) is 7.93. The fraction of sp³-hybridized carbons (Fsp3) is 0.500. The van der Waals surface area contributed by atoms with Gasteiger partial charge in [0, 0.05) is 7.05 Å². The van der Waals surface area contributed by atoms with Crippen molar-refractivity contribution in [1.82, 2.24) is 9.78 Å². The molecule has 0 spiro atoms. The van der Waals surface area contributed by atoms with E-state index in [9.17, 15) is 4.79 Å². The van der Waals surface area contributed by atoms with Crippen LogP contribution in [0.25, 0.3) is 0 Å². The zero-order valence-electron chi connectivity index (χ0n) is 7.17. The smallest absolute Gasteiger partial charge is 0.155 e. The van der Waals surface area contributed by atoms with Crippen molar-refractivity contribution in [2.75, 3.05) is 0 Å². The van der Waals surface area contributed by atoms with Gasteiger partial charge in [0.05, 0.1) is 11.3 Å². The molecule has 0 unspecified atom stereocenters. The molecule has 0 saturated carbocycles. The molecular formula is C8H11ClN2O. The summed E-state index contributed by atoms with van der Waals surface area (Å²) in [6.45, 7) is 2.04. The normalized spacial score (nSPS) is 10.2. The molecule has 0 N–H and O–H groups in total. The summed E-state index contributed by atoms with van der Waals surface area (Å²) in [5.41, 5.74) is 1.32. The standard InChI is InChI=1S/C8H11ClN2O/c1-3-4-7-6(5-12)8(9)11(2)10-7/h5H,3-4H2,1-2H3. The Kier molecular flexibility index (Phi) is 2.87. The van der Waals surface area contributed by atoms with Gasteiger partial charge in [-0.15, -0.1) is 0 Å². The summed E-state index contributed by atoms with van der Waals surface area (Å²) < 4.78 is 1.52. The van der Waals surface area contributed by atoms with E-state index in [0.29, 0.717) is 10.7 Å². The molecule has 0 bridgehead atoms. The topological polar surface area (TPSA) is 34.9 Å². The minimum Gasteiger partial charge on any atom is -0.298 e. The van der Waals surface area contributed by atoms with Crippen LogP contribution < -0.4 is 0 Å². The number of halogens is 1. The van der Waals surface area contributed by atoms with Crippen molar-refractivity contribution in [1.29, 1.82) is 0 Å². The molecule has 1 aromatic rings. The molecule has 1 rings (SSSR count). The Morgan fingerprint density at radius 1 is 1.67 bits per heavy atom. The number of rotatable bonds is 3. The van der Waals surface area contributed by atoms with Crippen molar-refractivity contribution in [2.45, 2.75) is 19.8 Å². The third-order valence-electron chi connectivity index (χ3n) is 1.69. The van der Waals surface area contributed by atoms with Gasteiger partial charge in [0.15, 0.2) is 6.29 Å². The molecule has 1 heterocycles. The van der Waals surface area contributed by atoms with Gasteiger partial charge in [0.1, 0.15) is 5.15 Å². The van der Waals surface area contributed by atoms with E-state index in [2.05, 4.69) is 5.10 Å². The Hall–Kier alpha value is -0.830. The van der Waals surface area contributed by atoms with E-state index in [-0.39, 0.29) is 0 Å². The summed E-state index contributed by atoms with van der Waals surface area (Å²) in [5.74, 6) is 0. The monoisotopic (exact) mass is 186 g/mol. The zero-order chi connectivity index (χ0) is 9.14. The molecule has 66 valence electrons. The number of aryl methyl sites for hydroxylation is 2. The van der Waals surface area contributed by atoms with Crippen molar-refractivity contribution in [2.24, 2.45) is 7.05 Å². The molecular weight excluding hydrogens is 176 g/mol. The molecule has 0 saturated heterocycles. The van der Waals surface area contributed by atoms with Gasteiger partial charge in [-0.2, -0.15) is 5.10 Å². The van der Waals surface area contributed by atoms with Crippen molar-refractivity contribution >= 4 is 17.9 Å². The fourth-order valence-electron chi connectivity index (χ4n) is 1.11. The third-order valence-corrected chi connectivity index (χ3v) is 2.14. The molecule has 0 amide bonds. The van der Waals surface area contributed by atoms with E-state index in [1.54, 1.807) is 7.05 Å². The average Bonchev–Trinajstić information content (AvgIpc) is 2.29. The van der Waals surface area contributed by atoms with Gasteiger partial charge >= 0.3 is 0 Å². The lowest BCUT2D eigenvalue weighted by Gasteiger charge is -1.90. The molecule has 0 aliphatic rings. The van der Waals surface area contributed by atoms with Crippen molar-refractivity contribution in [3.8, 4) is 0 Å². The Morgan fingerprint density at radius 3 is 2.83 bits per heavy atom. The van der Waals surface area contributed by atoms with Crippen LogP contribution in [0.15, 0.2) is 0 Å². The van der Waals surface area contributed by atoms with E-state index in [4.69, 9.17) is 11.6 Å². The second-order valence-corrected chi connectivity index (χ2v) is 3.00. The molecule has 0 fully saturated rings. The van der Waals surface area contributed by atoms with Gasteiger partial charge in [0.25, 0.3) is 0 Å². The molecule has 4 heteroatoms. The lowest BCUT2D eigenvalue weighted by Crippen LogP contribution is -1.91. The molecule has 0 aliphatic heterocycles. The minimum atomic E-state index is 0.424. The highest BCUT2D eigenvalue weighted by atomic mass is 35.5. The third kappa shape index (κ3) is 1.50. The van der Waals surface area contributed by atoms with Crippen LogP contribution >= 0.6 is 11.6 Å². The highest BCUT2D eigenvalue weighted by Crippen LogP contribution is 2.17. The summed E-state index contributed by atoms with van der Waals surface area (Å²) in [5, 5.41) is 4.55. The SMILES string of the molecule is CCCc1nn(C)c(Cl)c1C=O. The van der Waals surface area contributed by atoms with Crippen LogP contribution in [-0.4, -0.2) is 16.1 Å². The first kappa shape index (κ1) is 9.26. The van der Waals surface area contributed by atoms with Crippen LogP contribution in [0.3, 0.4) is 0 Å². The number of aldehydes is 1. The van der Waals surface area contributed by atoms with E-state index in [1.807, 2.05) is 6.92 Å². The largest absolute Gasteiger partial charge is 0.298 e. The van der Waals surface area contributed by atoms with Crippen molar-refractivity contribution < 1.29 is 4.79 Å². The van der Waals surface area contributed by atoms with Crippen LogP contribution in [0.4, 0.5) is 0 Å². The van der Waals surface area contributed by atoms with Crippen LogP contribution in [0.5, 0.6) is 0 Å². The second kappa shape index (κ2) is 3.72. The lowest BCUT2D eigenvalue weighted by molar-refractivity contribution is 0.112. The number of nitrogens with zero attached hydrogens (tertiary/aromatic N) is 2. The molecule has 1 aromatic heterocycles. The summed E-state index contributed by atoms with van der Waals surface area (Å²) >= 11 is 5.82. The number of hydrogen-bond acceptors (Lipinski definition) is 2. The molecule has 0 radical (unpaired) electrons. The predicted octanol–water partition coefficient (Wildman–Crippen LogP) is 1.84. The molecule has 0 atom stereocenters. The average molecular weight is 187 g/mol. The maximum Gasteiger partial charge on any atom is 0.155 e. The molecule has 3 nitrogen and oxygen atoms in total. The lowest BCUT2D eigenvalue weighted by atomic mass is 10.2. The fourth-order valence-corrected chi connectivity index (χ4v) is 1.30. The molecule has 0 aliphatic carbocycles. The quantitative estimate of drug-likeness (QED) is 0.676. The maximum absolute atomic E-state index is 10.6. The minimum absolute atomic E-state index is 0.424. The van der Waals surface area contributed by atoms with E-state index in [0.717, 1.165) is 24.8 Å².